The summed E-state index contributed by atoms with van der Waals surface area (Å²) in [6.07, 6.45) is 1.99. The summed E-state index contributed by atoms with van der Waals surface area (Å²) < 4.78 is 0. The van der Waals surface area contributed by atoms with Gasteiger partial charge in [0.05, 0.1) is 0 Å². The smallest absolute Gasteiger partial charge is 0.00256 e. The molecule has 0 aliphatic rings. The van der Waals surface area contributed by atoms with E-state index in [1.807, 2.05) is 0 Å². The molecule has 0 aromatic heterocycles. The Labute approximate surface area is 146 Å². The highest BCUT2D eigenvalue weighted by atomic mass is 14.2. The molecule has 0 heterocycles. The van der Waals surface area contributed by atoms with E-state index >= 15 is 0 Å². The van der Waals surface area contributed by atoms with Crippen LogP contribution in [0.5, 0.6) is 0 Å². The zero-order chi connectivity index (χ0) is 17.0. The van der Waals surface area contributed by atoms with Crippen LogP contribution in [0.25, 0.3) is 0 Å². The maximum atomic E-state index is 2.38. The van der Waals surface area contributed by atoms with Gasteiger partial charge in [-0.1, -0.05) is 99.6 Å². The average Bonchev–Trinajstić information content (AvgIpc) is 2.56. The molecular formula is C24H26. The zero-order valence-corrected chi connectivity index (χ0v) is 14.9. The van der Waals surface area contributed by atoms with Crippen LogP contribution in [0, 0.1) is 0 Å². The lowest BCUT2D eigenvalue weighted by molar-refractivity contribution is 0.588. The van der Waals surface area contributed by atoms with Gasteiger partial charge in [-0.25, -0.2) is 0 Å². The highest BCUT2D eigenvalue weighted by molar-refractivity contribution is 5.39. The summed E-state index contributed by atoms with van der Waals surface area (Å²) in [6, 6.07) is 28.6. The van der Waals surface area contributed by atoms with E-state index in [9.17, 15) is 0 Å². The summed E-state index contributed by atoms with van der Waals surface area (Å²) in [4.78, 5) is 0. The predicted octanol–water partition coefficient (Wildman–Crippen LogP) is 6.17. The molecule has 3 aromatic rings. The quantitative estimate of drug-likeness (QED) is 0.540. The predicted molar refractivity (Wildman–Crippen MR) is 104 cm³/mol. The van der Waals surface area contributed by atoms with Gasteiger partial charge in [-0.2, -0.15) is 0 Å². The highest BCUT2D eigenvalue weighted by Gasteiger charge is 2.15. The number of rotatable bonds is 4. The monoisotopic (exact) mass is 314 g/mol. The second-order valence-electron chi connectivity index (χ2n) is 7.61. The van der Waals surface area contributed by atoms with E-state index in [-0.39, 0.29) is 5.41 Å². The lowest BCUT2D eigenvalue weighted by Gasteiger charge is -2.21. The normalized spacial score (nSPS) is 11.5. The molecule has 0 nitrogen and oxygen atoms in total. The largest absolute Gasteiger partial charge is 0.0622 e. The molecule has 0 aliphatic carbocycles. The van der Waals surface area contributed by atoms with Gasteiger partial charge in [0, 0.05) is 0 Å². The first-order valence-corrected chi connectivity index (χ1v) is 8.72. The van der Waals surface area contributed by atoms with Crippen molar-refractivity contribution in [1.82, 2.24) is 0 Å². The third kappa shape index (κ3) is 4.35. The molecule has 0 atom stereocenters. The summed E-state index contributed by atoms with van der Waals surface area (Å²) in [5.41, 5.74) is 7.13. The highest BCUT2D eigenvalue weighted by Crippen LogP contribution is 2.26. The van der Waals surface area contributed by atoms with Crippen LogP contribution in [-0.2, 0) is 18.3 Å². The number of hydrogen-bond donors (Lipinski definition) is 0. The Kier molecular flexibility index (Phi) is 4.85. The first kappa shape index (κ1) is 16.5. The molecule has 0 bridgehead atoms. The van der Waals surface area contributed by atoms with Crippen molar-refractivity contribution < 1.29 is 0 Å². The van der Waals surface area contributed by atoms with Crippen LogP contribution in [0.2, 0.25) is 0 Å². The van der Waals surface area contributed by atoms with Gasteiger partial charge in [-0.05, 0) is 46.1 Å². The van der Waals surface area contributed by atoms with Crippen molar-refractivity contribution in [3.05, 3.63) is 107 Å². The molecule has 122 valence electrons. The second-order valence-corrected chi connectivity index (χ2v) is 7.61. The van der Waals surface area contributed by atoms with Crippen molar-refractivity contribution in [3.8, 4) is 0 Å². The Balaban J connectivity index is 1.94. The van der Waals surface area contributed by atoms with Crippen LogP contribution < -0.4 is 0 Å². The molecule has 3 aromatic carbocycles. The SMILES string of the molecule is CC(C)(C)c1cc(Cc2ccccc2)cc(Cc2ccccc2)c1. The van der Waals surface area contributed by atoms with Gasteiger partial charge >= 0.3 is 0 Å². The van der Waals surface area contributed by atoms with Crippen LogP contribution in [-0.4, -0.2) is 0 Å². The lowest BCUT2D eigenvalue weighted by atomic mass is 9.83. The summed E-state index contributed by atoms with van der Waals surface area (Å²) in [6.45, 7) is 6.88. The first-order chi connectivity index (χ1) is 11.5. The van der Waals surface area contributed by atoms with E-state index in [1.165, 1.54) is 27.8 Å². The Morgan fingerprint density at radius 2 is 0.958 bits per heavy atom. The summed E-state index contributed by atoms with van der Waals surface area (Å²) >= 11 is 0. The number of hydrogen-bond acceptors (Lipinski definition) is 0. The van der Waals surface area contributed by atoms with Crippen molar-refractivity contribution in [2.75, 3.05) is 0 Å². The molecule has 0 spiro atoms. The van der Waals surface area contributed by atoms with Crippen molar-refractivity contribution in [3.63, 3.8) is 0 Å². The molecule has 0 saturated carbocycles. The molecule has 0 saturated heterocycles. The lowest BCUT2D eigenvalue weighted by Crippen LogP contribution is -2.12. The Bertz CT molecular complexity index is 718. The van der Waals surface area contributed by atoms with E-state index in [1.54, 1.807) is 0 Å². The minimum absolute atomic E-state index is 0.165. The second kappa shape index (κ2) is 7.05. The molecule has 24 heavy (non-hydrogen) atoms. The zero-order valence-electron chi connectivity index (χ0n) is 14.9. The molecular weight excluding hydrogens is 288 g/mol. The van der Waals surface area contributed by atoms with Crippen molar-refractivity contribution in [2.45, 2.75) is 39.0 Å². The van der Waals surface area contributed by atoms with Gasteiger partial charge in [0.15, 0.2) is 0 Å². The van der Waals surface area contributed by atoms with Crippen molar-refractivity contribution in [2.24, 2.45) is 0 Å². The Hall–Kier alpha value is -2.34. The molecule has 0 aliphatic heterocycles. The molecule has 0 radical (unpaired) electrons. The minimum atomic E-state index is 0.165. The molecule has 0 amide bonds. The molecule has 0 N–H and O–H groups in total. The van der Waals surface area contributed by atoms with Crippen LogP contribution in [0.3, 0.4) is 0 Å². The standard InChI is InChI=1S/C24H26/c1-24(2,3)23-17-21(14-19-10-6-4-7-11-19)16-22(18-23)15-20-12-8-5-9-13-20/h4-13,16-18H,14-15H2,1-3H3. The van der Waals surface area contributed by atoms with Gasteiger partial charge in [-0.15, -0.1) is 0 Å². The van der Waals surface area contributed by atoms with Gasteiger partial charge in [0.2, 0.25) is 0 Å². The van der Waals surface area contributed by atoms with E-state index in [0.29, 0.717) is 0 Å². The van der Waals surface area contributed by atoms with Gasteiger partial charge < -0.3 is 0 Å². The molecule has 3 rings (SSSR count). The van der Waals surface area contributed by atoms with Crippen LogP contribution in [0.4, 0.5) is 0 Å². The Morgan fingerprint density at radius 3 is 1.33 bits per heavy atom. The molecule has 0 fully saturated rings. The van der Waals surface area contributed by atoms with Crippen molar-refractivity contribution in [1.29, 1.82) is 0 Å². The molecule has 0 unspecified atom stereocenters. The average molecular weight is 314 g/mol. The molecule has 0 heteroatoms. The van der Waals surface area contributed by atoms with E-state index in [0.717, 1.165) is 12.8 Å². The van der Waals surface area contributed by atoms with Crippen LogP contribution in [0.1, 0.15) is 48.6 Å². The fourth-order valence-corrected chi connectivity index (χ4v) is 3.06. The van der Waals surface area contributed by atoms with Crippen molar-refractivity contribution >= 4 is 0 Å². The number of benzene rings is 3. The maximum absolute atomic E-state index is 2.38. The van der Waals surface area contributed by atoms with E-state index in [2.05, 4.69) is 99.6 Å². The van der Waals surface area contributed by atoms with Gasteiger partial charge in [0.25, 0.3) is 0 Å². The fraction of sp³-hybridized carbons (Fsp3) is 0.250. The third-order valence-corrected chi connectivity index (χ3v) is 4.42. The first-order valence-electron chi connectivity index (χ1n) is 8.72. The summed E-state index contributed by atoms with van der Waals surface area (Å²) in [7, 11) is 0. The van der Waals surface area contributed by atoms with Crippen LogP contribution in [0.15, 0.2) is 78.9 Å². The summed E-state index contributed by atoms with van der Waals surface area (Å²) in [5.74, 6) is 0. The third-order valence-electron chi connectivity index (χ3n) is 4.42. The van der Waals surface area contributed by atoms with Gasteiger partial charge in [-0.3, -0.25) is 0 Å². The van der Waals surface area contributed by atoms with Gasteiger partial charge in [0.1, 0.15) is 0 Å². The topological polar surface area (TPSA) is 0 Å². The summed E-state index contributed by atoms with van der Waals surface area (Å²) in [5, 5.41) is 0. The van der Waals surface area contributed by atoms with E-state index in [4.69, 9.17) is 0 Å². The fourth-order valence-electron chi connectivity index (χ4n) is 3.06. The van der Waals surface area contributed by atoms with E-state index < -0.39 is 0 Å². The minimum Gasteiger partial charge on any atom is -0.0622 e. The van der Waals surface area contributed by atoms with Crippen LogP contribution >= 0.6 is 0 Å². The Morgan fingerprint density at radius 1 is 0.542 bits per heavy atom. The maximum Gasteiger partial charge on any atom is -0.00256 e.